The number of piperidine rings is 1. The van der Waals surface area contributed by atoms with Crippen LogP contribution in [0.15, 0.2) is 48.7 Å². The lowest BCUT2D eigenvalue weighted by Gasteiger charge is -2.31. The van der Waals surface area contributed by atoms with Crippen LogP contribution in [-0.2, 0) is 0 Å². The second-order valence-corrected chi connectivity index (χ2v) is 9.19. The smallest absolute Gasteiger partial charge is 0.166 e. The third kappa shape index (κ3) is 5.57. The monoisotopic (exact) mass is 503 g/mol. The van der Waals surface area contributed by atoms with Crippen molar-refractivity contribution in [3.8, 4) is 22.6 Å². The van der Waals surface area contributed by atoms with Crippen LogP contribution in [0.2, 0.25) is 10.0 Å². The number of nitrogens with two attached hydrogens (primary N) is 1. The van der Waals surface area contributed by atoms with Crippen molar-refractivity contribution in [2.24, 2.45) is 0 Å². The van der Waals surface area contributed by atoms with Gasteiger partial charge in [-0.2, -0.15) is 0 Å². The Hall–Kier alpha value is -2.54. The molecule has 4 rings (SSSR count). The molecule has 2 heterocycles. The van der Waals surface area contributed by atoms with Crippen molar-refractivity contribution < 1.29 is 13.9 Å². The molecule has 0 spiro atoms. The largest absolute Gasteiger partial charge is 0.490 e. The maximum absolute atomic E-state index is 13.9. The van der Waals surface area contributed by atoms with Crippen LogP contribution >= 0.6 is 23.2 Å². The summed E-state index contributed by atoms with van der Waals surface area (Å²) in [6, 6.07) is 12.4. The SMILES string of the molecule is CCN1CCC(Oc2ccc(-c3cnc(N)c(OC(C)c4c(Cl)ccc(F)c4Cl)c3)cc2)CC1. The van der Waals surface area contributed by atoms with E-state index in [1.54, 1.807) is 19.2 Å². The van der Waals surface area contributed by atoms with Gasteiger partial charge in [0, 0.05) is 35.4 Å². The average molecular weight is 504 g/mol. The van der Waals surface area contributed by atoms with Gasteiger partial charge in [0.25, 0.3) is 0 Å². The Morgan fingerprint density at radius 1 is 1.12 bits per heavy atom. The Morgan fingerprint density at radius 2 is 1.82 bits per heavy atom. The van der Waals surface area contributed by atoms with Crippen molar-refractivity contribution in [1.82, 2.24) is 9.88 Å². The normalized spacial score (nSPS) is 15.8. The number of pyridine rings is 1. The van der Waals surface area contributed by atoms with E-state index in [4.69, 9.17) is 38.4 Å². The predicted molar refractivity (Wildman–Crippen MR) is 135 cm³/mol. The van der Waals surface area contributed by atoms with E-state index in [0.717, 1.165) is 49.4 Å². The van der Waals surface area contributed by atoms with Crippen LogP contribution < -0.4 is 15.2 Å². The van der Waals surface area contributed by atoms with Crippen LogP contribution in [0.1, 0.15) is 38.4 Å². The van der Waals surface area contributed by atoms with Gasteiger partial charge in [0.2, 0.25) is 0 Å². The maximum atomic E-state index is 13.9. The van der Waals surface area contributed by atoms with Gasteiger partial charge in [-0.15, -0.1) is 0 Å². The number of likely N-dealkylation sites (tertiary alicyclic amines) is 1. The molecule has 0 bridgehead atoms. The molecule has 180 valence electrons. The van der Waals surface area contributed by atoms with Crippen LogP contribution in [-0.4, -0.2) is 35.6 Å². The van der Waals surface area contributed by atoms with Crippen molar-refractivity contribution in [1.29, 1.82) is 0 Å². The number of aromatic nitrogens is 1. The van der Waals surface area contributed by atoms with Crippen LogP contribution in [0.4, 0.5) is 10.2 Å². The molecular formula is C26H28Cl2FN3O2. The lowest BCUT2D eigenvalue weighted by atomic mass is 10.1. The van der Waals surface area contributed by atoms with E-state index >= 15 is 0 Å². The zero-order chi connectivity index (χ0) is 24.2. The molecule has 0 aliphatic carbocycles. The number of hydrogen-bond acceptors (Lipinski definition) is 5. The van der Waals surface area contributed by atoms with E-state index in [-0.39, 0.29) is 16.9 Å². The first-order valence-electron chi connectivity index (χ1n) is 11.4. The number of nitrogen functional groups attached to an aromatic ring is 1. The van der Waals surface area contributed by atoms with Crippen LogP contribution in [0.25, 0.3) is 11.1 Å². The first-order chi connectivity index (χ1) is 16.4. The summed E-state index contributed by atoms with van der Waals surface area (Å²) in [4.78, 5) is 6.71. The predicted octanol–water partition coefficient (Wildman–Crippen LogP) is 6.78. The molecular weight excluding hydrogens is 476 g/mol. The number of halogens is 3. The highest BCUT2D eigenvalue weighted by molar-refractivity contribution is 6.36. The first kappa shape index (κ1) is 24.6. The topological polar surface area (TPSA) is 60.6 Å². The summed E-state index contributed by atoms with van der Waals surface area (Å²) in [5.74, 6) is 0.874. The van der Waals surface area contributed by atoms with Gasteiger partial charge in [0.05, 0.1) is 5.02 Å². The van der Waals surface area contributed by atoms with Gasteiger partial charge in [-0.25, -0.2) is 9.37 Å². The number of anilines is 1. The molecule has 1 atom stereocenters. The van der Waals surface area contributed by atoms with Crippen LogP contribution in [0.3, 0.4) is 0 Å². The minimum absolute atomic E-state index is 0.0707. The number of nitrogens with zero attached hydrogens (tertiary/aromatic N) is 2. The van der Waals surface area contributed by atoms with E-state index in [0.29, 0.717) is 16.3 Å². The molecule has 0 amide bonds. The molecule has 3 aromatic rings. The van der Waals surface area contributed by atoms with Crippen LogP contribution in [0, 0.1) is 5.82 Å². The van der Waals surface area contributed by atoms with Gasteiger partial charge in [0.15, 0.2) is 11.6 Å². The number of hydrogen-bond donors (Lipinski definition) is 1. The van der Waals surface area contributed by atoms with Gasteiger partial charge >= 0.3 is 0 Å². The molecule has 2 aromatic carbocycles. The van der Waals surface area contributed by atoms with Gasteiger partial charge in [0.1, 0.15) is 23.8 Å². The zero-order valence-corrected chi connectivity index (χ0v) is 20.7. The fourth-order valence-electron chi connectivity index (χ4n) is 4.13. The molecule has 0 radical (unpaired) electrons. The molecule has 8 heteroatoms. The van der Waals surface area contributed by atoms with E-state index < -0.39 is 11.9 Å². The van der Waals surface area contributed by atoms with Crippen LogP contribution in [0.5, 0.6) is 11.5 Å². The second kappa shape index (κ2) is 10.8. The zero-order valence-electron chi connectivity index (χ0n) is 19.2. The highest BCUT2D eigenvalue weighted by Crippen LogP contribution is 2.37. The molecule has 1 aromatic heterocycles. The molecule has 5 nitrogen and oxygen atoms in total. The van der Waals surface area contributed by atoms with Gasteiger partial charge in [-0.05, 0) is 62.2 Å². The lowest BCUT2D eigenvalue weighted by molar-refractivity contribution is 0.104. The Labute approximate surface area is 209 Å². The summed E-state index contributed by atoms with van der Waals surface area (Å²) in [5, 5.41) is 0.246. The first-order valence-corrected chi connectivity index (χ1v) is 12.2. The number of rotatable bonds is 7. The molecule has 34 heavy (non-hydrogen) atoms. The summed E-state index contributed by atoms with van der Waals surface area (Å²) >= 11 is 12.4. The fraction of sp³-hybridized carbons (Fsp3) is 0.346. The average Bonchev–Trinajstić information content (AvgIpc) is 2.84. The molecule has 1 aliphatic rings. The Bertz CT molecular complexity index is 1140. The Morgan fingerprint density at radius 3 is 2.50 bits per heavy atom. The van der Waals surface area contributed by atoms with E-state index in [2.05, 4.69) is 16.8 Å². The molecule has 1 aliphatic heterocycles. The fourth-order valence-corrected chi connectivity index (χ4v) is 4.81. The van der Waals surface area contributed by atoms with Crippen molar-refractivity contribution in [2.45, 2.75) is 38.9 Å². The summed E-state index contributed by atoms with van der Waals surface area (Å²) < 4.78 is 26.1. The van der Waals surface area contributed by atoms with Gasteiger partial charge < -0.3 is 20.1 Å². The van der Waals surface area contributed by atoms with Gasteiger partial charge in [-0.3, -0.25) is 0 Å². The molecule has 1 saturated heterocycles. The molecule has 2 N–H and O–H groups in total. The standard InChI is InChI=1S/C26H28Cl2FN3O2/c1-3-32-12-10-20(11-13-32)34-19-6-4-17(5-7-19)18-14-23(26(30)31-15-18)33-16(2)24-21(27)8-9-22(29)25(24)28/h4-9,14-16,20H,3,10-13H2,1-2H3,(H2,30,31). The van der Waals surface area contributed by atoms with Crippen molar-refractivity contribution >= 4 is 29.0 Å². The minimum atomic E-state index is -0.634. The third-order valence-electron chi connectivity index (χ3n) is 6.14. The summed E-state index contributed by atoms with van der Waals surface area (Å²) in [5.41, 5.74) is 8.18. The highest BCUT2D eigenvalue weighted by atomic mass is 35.5. The molecule has 0 saturated carbocycles. The molecule has 1 fully saturated rings. The minimum Gasteiger partial charge on any atom is -0.490 e. The molecule has 1 unspecified atom stereocenters. The summed E-state index contributed by atoms with van der Waals surface area (Å²) in [7, 11) is 0. The number of benzene rings is 2. The van der Waals surface area contributed by atoms with E-state index in [1.165, 1.54) is 12.1 Å². The lowest BCUT2D eigenvalue weighted by Crippen LogP contribution is -2.37. The quantitative estimate of drug-likeness (QED) is 0.360. The highest BCUT2D eigenvalue weighted by Gasteiger charge is 2.21. The summed E-state index contributed by atoms with van der Waals surface area (Å²) in [6.07, 6.45) is 3.37. The number of ether oxygens (including phenoxy) is 2. The summed E-state index contributed by atoms with van der Waals surface area (Å²) in [6.45, 7) is 7.15. The van der Waals surface area contributed by atoms with Crippen molar-refractivity contribution in [2.75, 3.05) is 25.4 Å². The second-order valence-electron chi connectivity index (χ2n) is 8.40. The van der Waals surface area contributed by atoms with E-state index in [9.17, 15) is 4.39 Å². The van der Waals surface area contributed by atoms with E-state index in [1.807, 2.05) is 24.3 Å². The van der Waals surface area contributed by atoms with Crippen molar-refractivity contribution in [3.05, 3.63) is 70.1 Å². The maximum Gasteiger partial charge on any atom is 0.166 e. The third-order valence-corrected chi connectivity index (χ3v) is 6.86. The van der Waals surface area contributed by atoms with Crippen molar-refractivity contribution in [3.63, 3.8) is 0 Å². The Balaban J connectivity index is 1.47. The Kier molecular flexibility index (Phi) is 7.81. The van der Waals surface area contributed by atoms with Gasteiger partial charge in [-0.1, -0.05) is 42.3 Å².